The molecule has 1 saturated heterocycles. The molecule has 0 aliphatic carbocycles. The van der Waals surface area contributed by atoms with Crippen LogP contribution in [0.5, 0.6) is 0 Å². The second-order valence-corrected chi connectivity index (χ2v) is 8.04. The summed E-state index contributed by atoms with van der Waals surface area (Å²) < 4.78 is 5.30. The van der Waals surface area contributed by atoms with Gasteiger partial charge >= 0.3 is 5.97 Å². The fourth-order valence-corrected chi connectivity index (χ4v) is 4.00. The van der Waals surface area contributed by atoms with Crippen LogP contribution in [0, 0.1) is 0 Å². The van der Waals surface area contributed by atoms with Crippen molar-refractivity contribution in [1.29, 1.82) is 0 Å². The molecule has 3 aromatic rings. The van der Waals surface area contributed by atoms with Crippen molar-refractivity contribution in [1.82, 2.24) is 0 Å². The molecule has 5 heteroatoms. The van der Waals surface area contributed by atoms with Gasteiger partial charge in [0.05, 0.1) is 5.56 Å². The Morgan fingerprint density at radius 3 is 2.25 bits per heavy atom. The second-order valence-electron chi connectivity index (χ2n) is 8.04. The summed E-state index contributed by atoms with van der Waals surface area (Å²) in [6.45, 7) is 1.83. The first-order valence-electron chi connectivity index (χ1n) is 11.1. The van der Waals surface area contributed by atoms with E-state index >= 15 is 0 Å². The van der Waals surface area contributed by atoms with E-state index in [0.717, 1.165) is 24.2 Å². The van der Waals surface area contributed by atoms with Crippen LogP contribution < -0.4 is 10.2 Å². The smallest absolute Gasteiger partial charge is 0.338 e. The van der Waals surface area contributed by atoms with Crippen LogP contribution in [0.1, 0.15) is 40.7 Å². The van der Waals surface area contributed by atoms with Gasteiger partial charge in [0.2, 0.25) is 0 Å². The van der Waals surface area contributed by atoms with Crippen LogP contribution in [-0.4, -0.2) is 31.6 Å². The Balaban J connectivity index is 1.31. The minimum atomic E-state index is -0.493. The van der Waals surface area contributed by atoms with Crippen molar-refractivity contribution in [3.05, 3.63) is 95.6 Å². The Bertz CT molecular complexity index is 1040. The van der Waals surface area contributed by atoms with Crippen LogP contribution in [0.2, 0.25) is 0 Å². The lowest BCUT2D eigenvalue weighted by Crippen LogP contribution is -2.29. The molecule has 0 bridgehead atoms. The number of nitrogens with one attached hydrogen (secondary N) is 1. The highest BCUT2D eigenvalue weighted by molar-refractivity contribution is 5.96. The zero-order valence-electron chi connectivity index (χ0n) is 18.1. The molecule has 0 unspecified atom stereocenters. The summed E-state index contributed by atoms with van der Waals surface area (Å²) in [5.41, 5.74) is 4.33. The molecule has 0 aromatic heterocycles. The third-order valence-electron chi connectivity index (χ3n) is 5.68. The Hall–Kier alpha value is -3.60. The standard InChI is InChI=1S/C27H28N2O3/c30-26(28-23-13-15-24(16-14-23)29-17-7-2-8-18-29)20-32-27(31)25-12-6-5-11-22(25)19-21-9-3-1-4-10-21/h1,3-6,9-16H,2,7-8,17-20H2,(H,28,30). The molecule has 1 aliphatic heterocycles. The predicted octanol–water partition coefficient (Wildman–Crippen LogP) is 5.06. The predicted molar refractivity (Wildman–Crippen MR) is 127 cm³/mol. The van der Waals surface area contributed by atoms with E-state index in [9.17, 15) is 9.59 Å². The molecule has 1 amide bonds. The first kappa shape index (κ1) is 21.6. The van der Waals surface area contributed by atoms with Crippen molar-refractivity contribution in [3.8, 4) is 0 Å². The molecule has 5 nitrogen and oxygen atoms in total. The average Bonchev–Trinajstić information content (AvgIpc) is 2.84. The summed E-state index contributed by atoms with van der Waals surface area (Å²) in [5.74, 6) is -0.850. The highest BCUT2D eigenvalue weighted by Gasteiger charge is 2.15. The van der Waals surface area contributed by atoms with Crippen molar-refractivity contribution < 1.29 is 14.3 Å². The van der Waals surface area contributed by atoms with Gasteiger partial charge in [-0.25, -0.2) is 4.79 Å². The summed E-state index contributed by atoms with van der Waals surface area (Å²) in [6.07, 6.45) is 4.36. The van der Waals surface area contributed by atoms with E-state index in [-0.39, 0.29) is 12.5 Å². The number of carbonyl (C=O) groups excluding carboxylic acids is 2. The van der Waals surface area contributed by atoms with Gasteiger partial charge in [0.15, 0.2) is 6.61 Å². The number of anilines is 2. The van der Waals surface area contributed by atoms with Gasteiger partial charge in [0, 0.05) is 24.5 Å². The van der Waals surface area contributed by atoms with Gasteiger partial charge in [-0.1, -0.05) is 48.5 Å². The fourth-order valence-electron chi connectivity index (χ4n) is 4.00. The third kappa shape index (κ3) is 5.76. The maximum atomic E-state index is 12.6. The van der Waals surface area contributed by atoms with E-state index < -0.39 is 5.97 Å². The van der Waals surface area contributed by atoms with Gasteiger partial charge in [-0.2, -0.15) is 0 Å². The monoisotopic (exact) mass is 428 g/mol. The number of carbonyl (C=O) groups is 2. The Morgan fingerprint density at radius 1 is 0.812 bits per heavy atom. The van der Waals surface area contributed by atoms with Gasteiger partial charge in [0.1, 0.15) is 0 Å². The maximum absolute atomic E-state index is 12.6. The molecular weight excluding hydrogens is 400 g/mol. The number of nitrogens with zero attached hydrogens (tertiary/aromatic N) is 1. The van der Waals surface area contributed by atoms with Gasteiger partial charge in [0.25, 0.3) is 5.91 Å². The molecule has 1 fully saturated rings. The number of rotatable bonds is 7. The van der Waals surface area contributed by atoms with Gasteiger partial charge < -0.3 is 15.0 Å². The van der Waals surface area contributed by atoms with Crippen molar-refractivity contribution >= 4 is 23.3 Å². The first-order chi connectivity index (χ1) is 15.7. The number of hydrogen-bond acceptors (Lipinski definition) is 4. The fraction of sp³-hybridized carbons (Fsp3) is 0.259. The van der Waals surface area contributed by atoms with E-state index in [2.05, 4.69) is 10.2 Å². The zero-order valence-corrected chi connectivity index (χ0v) is 18.1. The molecule has 164 valence electrons. The van der Waals surface area contributed by atoms with E-state index in [1.54, 1.807) is 12.1 Å². The Labute approximate surface area is 189 Å². The average molecular weight is 429 g/mol. The lowest BCUT2D eigenvalue weighted by atomic mass is 10.00. The lowest BCUT2D eigenvalue weighted by molar-refractivity contribution is -0.119. The lowest BCUT2D eigenvalue weighted by Gasteiger charge is -2.28. The molecule has 1 heterocycles. The molecule has 0 radical (unpaired) electrons. The Kier molecular flexibility index (Phi) is 7.18. The molecule has 1 aliphatic rings. The van der Waals surface area contributed by atoms with Crippen molar-refractivity contribution in [2.75, 3.05) is 29.9 Å². The number of ether oxygens (including phenoxy) is 1. The highest BCUT2D eigenvalue weighted by atomic mass is 16.5. The van der Waals surface area contributed by atoms with Crippen LogP contribution in [-0.2, 0) is 16.0 Å². The van der Waals surface area contributed by atoms with Crippen LogP contribution in [0.4, 0.5) is 11.4 Å². The van der Waals surface area contributed by atoms with Gasteiger partial charge in [-0.15, -0.1) is 0 Å². The molecule has 32 heavy (non-hydrogen) atoms. The van der Waals surface area contributed by atoms with Gasteiger partial charge in [-0.05, 0) is 67.1 Å². The van der Waals surface area contributed by atoms with Crippen LogP contribution in [0.3, 0.4) is 0 Å². The molecule has 1 N–H and O–H groups in total. The molecule has 0 saturated carbocycles. The summed E-state index contributed by atoms with van der Waals surface area (Å²) in [7, 11) is 0. The quantitative estimate of drug-likeness (QED) is 0.534. The topological polar surface area (TPSA) is 58.6 Å². The van der Waals surface area contributed by atoms with Crippen LogP contribution in [0.25, 0.3) is 0 Å². The van der Waals surface area contributed by atoms with Gasteiger partial charge in [-0.3, -0.25) is 4.79 Å². The number of hydrogen-bond donors (Lipinski definition) is 1. The minimum Gasteiger partial charge on any atom is -0.452 e. The molecule has 0 atom stereocenters. The van der Waals surface area contributed by atoms with Crippen molar-refractivity contribution in [2.24, 2.45) is 0 Å². The summed E-state index contributed by atoms with van der Waals surface area (Å²) in [4.78, 5) is 27.3. The van der Waals surface area contributed by atoms with E-state index in [1.165, 1.54) is 24.9 Å². The molecule has 4 rings (SSSR count). The number of amides is 1. The third-order valence-corrected chi connectivity index (χ3v) is 5.68. The zero-order chi connectivity index (χ0) is 22.2. The van der Waals surface area contributed by atoms with Crippen molar-refractivity contribution in [3.63, 3.8) is 0 Å². The summed E-state index contributed by atoms with van der Waals surface area (Å²) >= 11 is 0. The maximum Gasteiger partial charge on any atom is 0.338 e. The van der Waals surface area contributed by atoms with Crippen molar-refractivity contribution in [2.45, 2.75) is 25.7 Å². The molecule has 0 spiro atoms. The van der Waals surface area contributed by atoms with Crippen LogP contribution in [0.15, 0.2) is 78.9 Å². The SMILES string of the molecule is O=C(COC(=O)c1ccccc1Cc1ccccc1)Nc1ccc(N2CCCCC2)cc1. The molecule has 3 aromatic carbocycles. The normalized spacial score (nSPS) is 13.4. The van der Waals surface area contributed by atoms with E-state index in [4.69, 9.17) is 4.74 Å². The minimum absolute atomic E-state index is 0.327. The summed E-state index contributed by atoms with van der Waals surface area (Å²) in [5, 5.41) is 2.80. The van der Waals surface area contributed by atoms with E-state index in [1.807, 2.05) is 66.7 Å². The summed E-state index contributed by atoms with van der Waals surface area (Å²) in [6, 6.07) is 25.1. The second kappa shape index (κ2) is 10.6. The number of esters is 1. The number of benzene rings is 3. The first-order valence-corrected chi connectivity index (χ1v) is 11.1. The van der Waals surface area contributed by atoms with E-state index in [0.29, 0.717) is 17.7 Å². The largest absolute Gasteiger partial charge is 0.452 e. The van der Waals surface area contributed by atoms with Crippen LogP contribution >= 0.6 is 0 Å². The Morgan fingerprint density at radius 2 is 1.50 bits per heavy atom. The molecular formula is C27H28N2O3. The number of piperidine rings is 1. The highest BCUT2D eigenvalue weighted by Crippen LogP contribution is 2.22.